The maximum Gasteiger partial charge on any atom is 0.110 e. The molecule has 0 amide bonds. The first kappa shape index (κ1) is 14.8. The predicted octanol–water partition coefficient (Wildman–Crippen LogP) is 3.26. The van der Waals surface area contributed by atoms with Crippen LogP contribution >= 0.6 is 0 Å². The van der Waals surface area contributed by atoms with E-state index in [4.69, 9.17) is 9.84 Å². The summed E-state index contributed by atoms with van der Waals surface area (Å²) in [7, 11) is 0. The van der Waals surface area contributed by atoms with Crippen molar-refractivity contribution in [1.29, 1.82) is 0 Å². The molecule has 0 aliphatic rings. The Morgan fingerprint density at radius 1 is 1.33 bits per heavy atom. The highest BCUT2D eigenvalue weighted by molar-refractivity contribution is 5.32. The van der Waals surface area contributed by atoms with Gasteiger partial charge in [0.2, 0.25) is 0 Å². The summed E-state index contributed by atoms with van der Waals surface area (Å²) in [5.41, 5.74) is 4.07. The van der Waals surface area contributed by atoms with Gasteiger partial charge in [0.15, 0.2) is 0 Å². The largest absolute Gasteiger partial charge is 0.499 e. The molecule has 0 aliphatic carbocycles. The Bertz CT molecular complexity index is 381. The molecule has 1 rings (SSSR count). The van der Waals surface area contributed by atoms with E-state index in [1.807, 2.05) is 6.08 Å². The van der Waals surface area contributed by atoms with Crippen molar-refractivity contribution in [3.8, 4) is 0 Å². The van der Waals surface area contributed by atoms with Gasteiger partial charge in [0.05, 0.1) is 12.9 Å². The van der Waals surface area contributed by atoms with Crippen LogP contribution in [-0.2, 0) is 17.6 Å². The van der Waals surface area contributed by atoms with Crippen molar-refractivity contribution >= 4 is 0 Å². The average Bonchev–Trinajstić information content (AvgIpc) is 2.30. The molecule has 1 aromatic carbocycles. The van der Waals surface area contributed by atoms with Crippen LogP contribution in [0.15, 0.2) is 30.5 Å². The summed E-state index contributed by atoms with van der Waals surface area (Å²) in [6, 6.07) is 6.69. The van der Waals surface area contributed by atoms with Crippen LogP contribution in [0.1, 0.15) is 30.5 Å². The zero-order valence-corrected chi connectivity index (χ0v) is 11.6. The molecular formula is C16H24O2. The fraction of sp³-hybridized carbons (Fsp3) is 0.500. The van der Waals surface area contributed by atoms with Crippen molar-refractivity contribution in [2.24, 2.45) is 5.92 Å². The molecule has 1 aromatic rings. The molecule has 0 heterocycles. The Kier molecular flexibility index (Phi) is 6.51. The molecular weight excluding hydrogens is 224 g/mol. The SMILES string of the molecule is Cc1cc(CC(C)C)ccc1C/C=C/OCCO. The van der Waals surface area contributed by atoms with Crippen LogP contribution in [0.25, 0.3) is 0 Å². The van der Waals surface area contributed by atoms with Gasteiger partial charge in [-0.3, -0.25) is 0 Å². The molecule has 0 spiro atoms. The van der Waals surface area contributed by atoms with Crippen molar-refractivity contribution in [2.45, 2.75) is 33.6 Å². The molecule has 0 atom stereocenters. The molecule has 2 heteroatoms. The monoisotopic (exact) mass is 248 g/mol. The highest BCUT2D eigenvalue weighted by Crippen LogP contribution is 2.15. The third kappa shape index (κ3) is 5.37. The number of aliphatic hydroxyl groups is 1. The van der Waals surface area contributed by atoms with Crippen molar-refractivity contribution in [3.05, 3.63) is 47.2 Å². The Morgan fingerprint density at radius 3 is 2.72 bits per heavy atom. The lowest BCUT2D eigenvalue weighted by Crippen LogP contribution is -1.96. The minimum Gasteiger partial charge on any atom is -0.499 e. The fourth-order valence-corrected chi connectivity index (χ4v) is 1.95. The molecule has 1 N–H and O–H groups in total. The standard InChI is InChI=1S/C16H24O2/c1-13(2)11-15-6-7-16(14(3)12-15)5-4-9-18-10-8-17/h4,6-7,9,12-13,17H,5,8,10-11H2,1-3H3/b9-4+. The summed E-state index contributed by atoms with van der Waals surface area (Å²) < 4.78 is 5.09. The van der Waals surface area contributed by atoms with E-state index in [9.17, 15) is 0 Å². The molecule has 0 aliphatic heterocycles. The van der Waals surface area contributed by atoms with Gasteiger partial charge in [-0.1, -0.05) is 32.0 Å². The summed E-state index contributed by atoms with van der Waals surface area (Å²) in [4.78, 5) is 0. The zero-order valence-electron chi connectivity index (χ0n) is 11.6. The van der Waals surface area contributed by atoms with E-state index in [1.54, 1.807) is 6.26 Å². The minimum atomic E-state index is 0.0628. The molecule has 0 unspecified atom stereocenters. The van der Waals surface area contributed by atoms with Gasteiger partial charge in [-0.05, 0) is 48.4 Å². The summed E-state index contributed by atoms with van der Waals surface area (Å²) in [5.74, 6) is 0.696. The van der Waals surface area contributed by atoms with E-state index in [-0.39, 0.29) is 6.61 Å². The maximum absolute atomic E-state index is 8.57. The van der Waals surface area contributed by atoms with Crippen molar-refractivity contribution in [3.63, 3.8) is 0 Å². The number of ether oxygens (including phenoxy) is 1. The van der Waals surface area contributed by atoms with E-state index in [2.05, 4.69) is 39.0 Å². The van der Waals surface area contributed by atoms with E-state index < -0.39 is 0 Å². The second-order valence-corrected chi connectivity index (χ2v) is 5.03. The normalized spacial score (nSPS) is 11.4. The first-order valence-electron chi connectivity index (χ1n) is 6.59. The molecule has 18 heavy (non-hydrogen) atoms. The molecule has 0 fully saturated rings. The third-order valence-corrected chi connectivity index (χ3v) is 2.79. The van der Waals surface area contributed by atoms with Gasteiger partial charge in [0.25, 0.3) is 0 Å². The van der Waals surface area contributed by atoms with Crippen LogP contribution in [0, 0.1) is 12.8 Å². The zero-order chi connectivity index (χ0) is 13.4. The predicted molar refractivity (Wildman–Crippen MR) is 75.6 cm³/mol. The summed E-state index contributed by atoms with van der Waals surface area (Å²) >= 11 is 0. The number of hydrogen-bond acceptors (Lipinski definition) is 2. The molecule has 0 saturated heterocycles. The third-order valence-electron chi connectivity index (χ3n) is 2.79. The van der Waals surface area contributed by atoms with Crippen molar-refractivity contribution in [1.82, 2.24) is 0 Å². The first-order valence-corrected chi connectivity index (χ1v) is 6.59. The second kappa shape index (κ2) is 7.93. The average molecular weight is 248 g/mol. The van der Waals surface area contributed by atoms with Gasteiger partial charge in [0, 0.05) is 0 Å². The second-order valence-electron chi connectivity index (χ2n) is 5.03. The molecule has 2 nitrogen and oxygen atoms in total. The van der Waals surface area contributed by atoms with Crippen LogP contribution in [0.4, 0.5) is 0 Å². The number of hydrogen-bond donors (Lipinski definition) is 1. The molecule has 0 bridgehead atoms. The molecule has 100 valence electrons. The summed E-state index contributed by atoms with van der Waals surface area (Å²) in [6.45, 7) is 7.06. The minimum absolute atomic E-state index is 0.0628. The van der Waals surface area contributed by atoms with Gasteiger partial charge in [-0.2, -0.15) is 0 Å². The lowest BCUT2D eigenvalue weighted by molar-refractivity contribution is 0.165. The van der Waals surface area contributed by atoms with Crippen molar-refractivity contribution in [2.75, 3.05) is 13.2 Å². The summed E-state index contributed by atoms with van der Waals surface area (Å²) in [5, 5.41) is 8.57. The molecule has 0 saturated carbocycles. The fourth-order valence-electron chi connectivity index (χ4n) is 1.95. The van der Waals surface area contributed by atoms with E-state index in [0.29, 0.717) is 12.5 Å². The van der Waals surface area contributed by atoms with Gasteiger partial charge in [-0.25, -0.2) is 0 Å². The lowest BCUT2D eigenvalue weighted by atomic mass is 9.97. The lowest BCUT2D eigenvalue weighted by Gasteiger charge is -2.09. The highest BCUT2D eigenvalue weighted by atomic mass is 16.5. The molecule has 0 radical (unpaired) electrons. The Balaban J connectivity index is 2.54. The smallest absolute Gasteiger partial charge is 0.110 e. The van der Waals surface area contributed by atoms with Crippen LogP contribution in [0.3, 0.4) is 0 Å². The molecule has 0 aromatic heterocycles. The van der Waals surface area contributed by atoms with E-state index in [0.717, 1.165) is 12.8 Å². The van der Waals surface area contributed by atoms with Gasteiger partial charge < -0.3 is 9.84 Å². The number of aryl methyl sites for hydroxylation is 1. The van der Waals surface area contributed by atoms with E-state index in [1.165, 1.54) is 16.7 Å². The van der Waals surface area contributed by atoms with Crippen LogP contribution in [0.5, 0.6) is 0 Å². The Labute approximate surface area is 110 Å². The van der Waals surface area contributed by atoms with Crippen LogP contribution in [-0.4, -0.2) is 18.3 Å². The number of aliphatic hydroxyl groups excluding tert-OH is 1. The number of allylic oxidation sites excluding steroid dienone is 1. The summed E-state index contributed by atoms with van der Waals surface area (Å²) in [6.07, 6.45) is 5.66. The number of rotatable bonds is 7. The maximum atomic E-state index is 8.57. The highest BCUT2D eigenvalue weighted by Gasteiger charge is 2.01. The quantitative estimate of drug-likeness (QED) is 0.593. The topological polar surface area (TPSA) is 29.5 Å². The number of benzene rings is 1. The van der Waals surface area contributed by atoms with Gasteiger partial charge >= 0.3 is 0 Å². The van der Waals surface area contributed by atoms with E-state index >= 15 is 0 Å². The van der Waals surface area contributed by atoms with Crippen LogP contribution in [0.2, 0.25) is 0 Å². The Morgan fingerprint density at radius 2 is 2.11 bits per heavy atom. The van der Waals surface area contributed by atoms with Gasteiger partial charge in [0.1, 0.15) is 6.61 Å². The van der Waals surface area contributed by atoms with Crippen molar-refractivity contribution < 1.29 is 9.84 Å². The first-order chi connectivity index (χ1) is 8.63. The Hall–Kier alpha value is -1.28. The van der Waals surface area contributed by atoms with Crippen LogP contribution < -0.4 is 0 Å². The van der Waals surface area contributed by atoms with Gasteiger partial charge in [-0.15, -0.1) is 0 Å².